The third-order valence-corrected chi connectivity index (χ3v) is 6.64. The Labute approximate surface area is 190 Å². The minimum Gasteiger partial charge on any atom is -0.369 e. The van der Waals surface area contributed by atoms with E-state index in [4.69, 9.17) is 17.3 Å². The molecule has 5 rings (SSSR count). The SMILES string of the molecule is NC(=O)[C@H]1CCC(C2=CCN(c3ccc4cn[nH]c4c3)C(N)N2N)N(c2ccc(F)cc2)C1. The molecule has 33 heavy (non-hydrogen) atoms. The Bertz CT molecular complexity index is 1190. The quantitative estimate of drug-likeness (QED) is 0.444. The number of carbonyl (C=O) groups excluding carboxylic acids is 1. The van der Waals surface area contributed by atoms with Gasteiger partial charge in [-0.2, -0.15) is 5.10 Å². The average molecular weight is 451 g/mol. The van der Waals surface area contributed by atoms with E-state index in [1.54, 1.807) is 23.3 Å². The Morgan fingerprint density at radius 3 is 2.61 bits per heavy atom. The molecule has 1 fully saturated rings. The van der Waals surface area contributed by atoms with Crippen molar-refractivity contribution in [3.63, 3.8) is 0 Å². The molecule has 9 nitrogen and oxygen atoms in total. The van der Waals surface area contributed by atoms with Gasteiger partial charge in [-0.1, -0.05) is 0 Å². The van der Waals surface area contributed by atoms with Crippen LogP contribution in [-0.2, 0) is 4.79 Å². The van der Waals surface area contributed by atoms with E-state index in [1.165, 1.54) is 12.1 Å². The zero-order valence-electron chi connectivity index (χ0n) is 18.1. The largest absolute Gasteiger partial charge is 0.369 e. The summed E-state index contributed by atoms with van der Waals surface area (Å²) in [6, 6.07) is 12.1. The van der Waals surface area contributed by atoms with Crippen LogP contribution in [0.2, 0.25) is 0 Å². The summed E-state index contributed by atoms with van der Waals surface area (Å²) in [7, 11) is 0. The van der Waals surface area contributed by atoms with Crippen molar-refractivity contribution in [2.24, 2.45) is 23.2 Å². The van der Waals surface area contributed by atoms with Crippen LogP contribution >= 0.6 is 0 Å². The lowest BCUT2D eigenvalue weighted by molar-refractivity contribution is -0.122. The van der Waals surface area contributed by atoms with Crippen LogP contribution in [0.1, 0.15) is 12.8 Å². The zero-order valence-corrected chi connectivity index (χ0v) is 18.1. The summed E-state index contributed by atoms with van der Waals surface area (Å²) in [5.74, 6) is 5.60. The number of hydrogen-bond donors (Lipinski definition) is 4. The Morgan fingerprint density at radius 2 is 1.85 bits per heavy atom. The van der Waals surface area contributed by atoms with E-state index < -0.39 is 6.29 Å². The number of H-pyrrole nitrogens is 1. The van der Waals surface area contributed by atoms with Crippen LogP contribution in [0.5, 0.6) is 0 Å². The van der Waals surface area contributed by atoms with E-state index in [-0.39, 0.29) is 23.7 Å². The highest BCUT2D eigenvalue weighted by molar-refractivity contribution is 5.82. The fourth-order valence-electron chi connectivity index (χ4n) is 4.81. The van der Waals surface area contributed by atoms with Crippen LogP contribution in [-0.4, -0.2) is 46.5 Å². The summed E-state index contributed by atoms with van der Waals surface area (Å²) >= 11 is 0. The molecule has 0 radical (unpaired) electrons. The molecule has 0 aliphatic carbocycles. The number of hydrazine groups is 1. The number of primary amides is 1. The number of aromatic nitrogens is 2. The number of nitrogens with one attached hydrogen (secondary N) is 1. The van der Waals surface area contributed by atoms with Gasteiger partial charge < -0.3 is 15.5 Å². The number of aromatic amines is 1. The molecule has 172 valence electrons. The van der Waals surface area contributed by atoms with Gasteiger partial charge in [0.2, 0.25) is 5.91 Å². The molecule has 2 aromatic carbocycles. The number of hydrogen-bond acceptors (Lipinski definition) is 7. The van der Waals surface area contributed by atoms with Gasteiger partial charge in [-0.05, 0) is 61.4 Å². The summed E-state index contributed by atoms with van der Waals surface area (Å²) in [4.78, 5) is 16.0. The molecular weight excluding hydrogens is 423 g/mol. The van der Waals surface area contributed by atoms with Crippen LogP contribution < -0.4 is 27.1 Å². The van der Waals surface area contributed by atoms with Crippen molar-refractivity contribution in [1.82, 2.24) is 15.2 Å². The van der Waals surface area contributed by atoms with Gasteiger partial charge in [0.1, 0.15) is 5.82 Å². The van der Waals surface area contributed by atoms with Crippen molar-refractivity contribution in [2.75, 3.05) is 22.9 Å². The topological polar surface area (TPSA) is 134 Å². The first-order chi connectivity index (χ1) is 15.9. The van der Waals surface area contributed by atoms with Crippen molar-refractivity contribution in [1.29, 1.82) is 0 Å². The summed E-state index contributed by atoms with van der Waals surface area (Å²) in [6.07, 6.45) is 4.57. The molecule has 10 heteroatoms. The molecule has 1 saturated heterocycles. The lowest BCUT2D eigenvalue weighted by atomic mass is 9.89. The van der Waals surface area contributed by atoms with E-state index in [1.807, 2.05) is 23.1 Å². The maximum absolute atomic E-state index is 13.5. The minimum absolute atomic E-state index is 0.112. The second kappa shape index (κ2) is 8.38. The first-order valence-corrected chi connectivity index (χ1v) is 10.9. The number of carbonyl (C=O) groups is 1. The van der Waals surface area contributed by atoms with E-state index in [2.05, 4.69) is 21.2 Å². The molecule has 1 amide bonds. The van der Waals surface area contributed by atoms with Gasteiger partial charge >= 0.3 is 0 Å². The molecule has 3 heterocycles. The Hall–Kier alpha value is -3.63. The summed E-state index contributed by atoms with van der Waals surface area (Å²) < 4.78 is 13.5. The van der Waals surface area contributed by atoms with Crippen molar-refractivity contribution in [3.8, 4) is 0 Å². The minimum atomic E-state index is -0.589. The molecule has 7 N–H and O–H groups in total. The molecule has 1 aromatic heterocycles. The summed E-state index contributed by atoms with van der Waals surface area (Å²) in [5.41, 5.74) is 15.7. The fraction of sp³-hybridized carbons (Fsp3) is 0.304. The third-order valence-electron chi connectivity index (χ3n) is 6.64. The van der Waals surface area contributed by atoms with Gasteiger partial charge in [0.15, 0.2) is 6.29 Å². The molecule has 0 spiro atoms. The highest BCUT2D eigenvalue weighted by atomic mass is 19.1. The van der Waals surface area contributed by atoms with Crippen LogP contribution in [0.15, 0.2) is 60.4 Å². The number of nitrogens with two attached hydrogens (primary N) is 3. The van der Waals surface area contributed by atoms with Gasteiger partial charge in [0.25, 0.3) is 0 Å². The molecular formula is C23H27FN8O. The van der Waals surface area contributed by atoms with Crippen LogP contribution in [0, 0.1) is 11.7 Å². The Kier molecular flexibility index (Phi) is 5.39. The van der Waals surface area contributed by atoms with Gasteiger partial charge in [-0.3, -0.25) is 20.6 Å². The number of benzene rings is 2. The molecule has 0 saturated carbocycles. The van der Waals surface area contributed by atoms with Crippen molar-refractivity contribution < 1.29 is 9.18 Å². The van der Waals surface area contributed by atoms with E-state index >= 15 is 0 Å². The number of piperidine rings is 1. The summed E-state index contributed by atoms with van der Waals surface area (Å²) in [5, 5.41) is 9.65. The van der Waals surface area contributed by atoms with Crippen LogP contribution in [0.4, 0.5) is 15.8 Å². The molecule has 3 atom stereocenters. The molecule has 2 aliphatic rings. The van der Waals surface area contributed by atoms with E-state index in [9.17, 15) is 9.18 Å². The zero-order chi connectivity index (χ0) is 23.1. The monoisotopic (exact) mass is 450 g/mol. The number of fused-ring (bicyclic) bond motifs is 1. The lowest BCUT2D eigenvalue weighted by Gasteiger charge is -2.48. The maximum atomic E-state index is 13.5. The van der Waals surface area contributed by atoms with Crippen molar-refractivity contribution in [2.45, 2.75) is 25.2 Å². The number of halogens is 1. The van der Waals surface area contributed by atoms with Gasteiger partial charge in [-0.15, -0.1) is 0 Å². The third kappa shape index (κ3) is 3.87. The number of nitrogens with zero attached hydrogens (tertiary/aromatic N) is 4. The normalized spacial score (nSPS) is 23.7. The smallest absolute Gasteiger partial charge is 0.222 e. The van der Waals surface area contributed by atoms with E-state index in [0.29, 0.717) is 25.9 Å². The van der Waals surface area contributed by atoms with Gasteiger partial charge in [0.05, 0.1) is 29.4 Å². The maximum Gasteiger partial charge on any atom is 0.222 e. The molecule has 0 bridgehead atoms. The second-order valence-corrected chi connectivity index (χ2v) is 8.57. The summed E-state index contributed by atoms with van der Waals surface area (Å²) in [6.45, 7) is 1.00. The predicted octanol–water partition coefficient (Wildman–Crippen LogP) is 1.59. The highest BCUT2D eigenvalue weighted by Crippen LogP contribution is 2.34. The molecule has 2 aliphatic heterocycles. The van der Waals surface area contributed by atoms with Gasteiger partial charge in [0, 0.05) is 29.9 Å². The number of rotatable bonds is 4. The highest BCUT2D eigenvalue weighted by Gasteiger charge is 2.38. The number of anilines is 2. The van der Waals surface area contributed by atoms with Crippen molar-refractivity contribution in [3.05, 3.63) is 66.3 Å². The van der Waals surface area contributed by atoms with Crippen LogP contribution in [0.3, 0.4) is 0 Å². The molecule has 2 unspecified atom stereocenters. The molecule has 3 aromatic rings. The Morgan fingerprint density at radius 1 is 1.09 bits per heavy atom. The van der Waals surface area contributed by atoms with Crippen molar-refractivity contribution >= 4 is 28.2 Å². The number of amides is 1. The second-order valence-electron chi connectivity index (χ2n) is 8.57. The van der Waals surface area contributed by atoms with Crippen LogP contribution in [0.25, 0.3) is 10.9 Å². The van der Waals surface area contributed by atoms with Gasteiger partial charge in [-0.25, -0.2) is 10.2 Å². The lowest BCUT2D eigenvalue weighted by Crippen LogP contribution is -2.63. The Balaban J connectivity index is 1.45. The fourth-order valence-corrected chi connectivity index (χ4v) is 4.81. The average Bonchev–Trinajstić information content (AvgIpc) is 3.29. The first-order valence-electron chi connectivity index (χ1n) is 10.9. The van der Waals surface area contributed by atoms with E-state index in [0.717, 1.165) is 28.0 Å². The first kappa shape index (κ1) is 21.2. The standard InChI is InChI=1S/C23H27FN8O/c24-16-3-6-17(7-4-16)31-13-15(22(25)33)2-8-20(31)21-9-10-30(23(26)32(21)27)18-5-1-14-12-28-29-19(14)11-18/h1,3-7,9,11-12,15,20,23H,2,8,10,13,26-27H2,(H2,25,33)(H,28,29)/t15-,20?,23?/m0/s1. The predicted molar refractivity (Wildman–Crippen MR) is 125 cm³/mol.